The van der Waals surface area contributed by atoms with E-state index in [0.717, 1.165) is 32.5 Å². The number of nitrogens with two attached hydrogens (primary N) is 1. The van der Waals surface area contributed by atoms with Gasteiger partial charge in [-0.3, -0.25) is 4.79 Å². The van der Waals surface area contributed by atoms with Crippen molar-refractivity contribution in [1.82, 2.24) is 4.90 Å². The second-order valence-electron chi connectivity index (χ2n) is 5.03. The summed E-state index contributed by atoms with van der Waals surface area (Å²) in [6.07, 6.45) is 2.80. The zero-order valence-electron chi connectivity index (χ0n) is 11.5. The summed E-state index contributed by atoms with van der Waals surface area (Å²) in [5.74, 6) is -0.321. The van der Waals surface area contributed by atoms with Gasteiger partial charge in [0.1, 0.15) is 6.04 Å². The Morgan fingerprint density at radius 2 is 1.89 bits per heavy atom. The topological polar surface area (TPSA) is 55.6 Å². The average molecular weight is 262 g/mol. The average Bonchev–Trinajstić information content (AvgIpc) is 2.66. The number of rotatable bonds is 4. The summed E-state index contributed by atoms with van der Waals surface area (Å²) in [4.78, 5) is 13.6. The van der Waals surface area contributed by atoms with Gasteiger partial charge in [0.2, 0.25) is 0 Å². The van der Waals surface area contributed by atoms with E-state index in [1.807, 2.05) is 0 Å². The normalized spacial score (nSPS) is 17.4. The molecule has 1 aliphatic heterocycles. The second kappa shape index (κ2) is 6.68. The Balaban J connectivity index is 1.84. The number of hydrogen-bond donors (Lipinski definition) is 1. The lowest BCUT2D eigenvalue weighted by molar-refractivity contribution is -0.142. The maximum absolute atomic E-state index is 11.3. The number of hydrogen-bond acceptors (Lipinski definition) is 4. The minimum absolute atomic E-state index is 0.321. The van der Waals surface area contributed by atoms with Crippen molar-refractivity contribution in [3.8, 4) is 0 Å². The van der Waals surface area contributed by atoms with Crippen LogP contribution in [0.4, 0.5) is 0 Å². The SMILES string of the molecule is COC(=O)C(N)CCN1CCc2ccccc2CC1. The molecular weight excluding hydrogens is 240 g/mol. The molecule has 19 heavy (non-hydrogen) atoms. The van der Waals surface area contributed by atoms with E-state index in [2.05, 4.69) is 33.9 Å². The van der Waals surface area contributed by atoms with Gasteiger partial charge in [-0.2, -0.15) is 0 Å². The Kier molecular flexibility index (Phi) is 4.93. The van der Waals surface area contributed by atoms with Crippen LogP contribution in [0.2, 0.25) is 0 Å². The zero-order valence-corrected chi connectivity index (χ0v) is 11.5. The predicted molar refractivity (Wildman–Crippen MR) is 74.9 cm³/mol. The van der Waals surface area contributed by atoms with E-state index in [1.165, 1.54) is 18.2 Å². The summed E-state index contributed by atoms with van der Waals surface area (Å²) in [5, 5.41) is 0. The third-order valence-corrected chi connectivity index (χ3v) is 3.77. The molecule has 1 heterocycles. The van der Waals surface area contributed by atoms with Crippen molar-refractivity contribution in [1.29, 1.82) is 0 Å². The van der Waals surface area contributed by atoms with Crippen LogP contribution >= 0.6 is 0 Å². The smallest absolute Gasteiger partial charge is 0.322 e. The molecule has 104 valence electrons. The maximum atomic E-state index is 11.3. The molecule has 0 saturated carbocycles. The largest absolute Gasteiger partial charge is 0.468 e. The number of carbonyl (C=O) groups excluding carboxylic acids is 1. The van der Waals surface area contributed by atoms with E-state index >= 15 is 0 Å². The number of esters is 1. The predicted octanol–water partition coefficient (Wildman–Crippen LogP) is 0.978. The minimum Gasteiger partial charge on any atom is -0.468 e. The number of carbonyl (C=O) groups is 1. The number of methoxy groups -OCH3 is 1. The lowest BCUT2D eigenvalue weighted by atomic mass is 10.0. The minimum atomic E-state index is -0.504. The molecule has 0 aliphatic carbocycles. The van der Waals surface area contributed by atoms with Crippen molar-refractivity contribution in [3.05, 3.63) is 35.4 Å². The Bertz CT molecular complexity index is 407. The maximum Gasteiger partial charge on any atom is 0.322 e. The molecule has 2 N–H and O–H groups in total. The molecule has 1 aliphatic rings. The van der Waals surface area contributed by atoms with Crippen LogP contribution in [-0.2, 0) is 22.4 Å². The van der Waals surface area contributed by atoms with Crippen LogP contribution in [0.1, 0.15) is 17.5 Å². The quantitative estimate of drug-likeness (QED) is 0.822. The second-order valence-corrected chi connectivity index (χ2v) is 5.03. The van der Waals surface area contributed by atoms with E-state index in [-0.39, 0.29) is 5.97 Å². The van der Waals surface area contributed by atoms with Crippen molar-refractivity contribution >= 4 is 5.97 Å². The van der Waals surface area contributed by atoms with Crippen LogP contribution < -0.4 is 5.73 Å². The molecule has 4 nitrogen and oxygen atoms in total. The number of nitrogens with zero attached hydrogens (tertiary/aromatic N) is 1. The fourth-order valence-electron chi connectivity index (χ4n) is 2.53. The van der Waals surface area contributed by atoms with Gasteiger partial charge in [-0.25, -0.2) is 0 Å². The number of ether oxygens (including phenoxy) is 1. The summed E-state index contributed by atoms with van der Waals surface area (Å²) in [6, 6.07) is 8.11. The van der Waals surface area contributed by atoms with Gasteiger partial charge in [0, 0.05) is 19.6 Å². The van der Waals surface area contributed by atoms with Crippen molar-refractivity contribution < 1.29 is 9.53 Å². The van der Waals surface area contributed by atoms with Crippen molar-refractivity contribution in [2.45, 2.75) is 25.3 Å². The van der Waals surface area contributed by atoms with E-state index in [4.69, 9.17) is 5.73 Å². The highest BCUT2D eigenvalue weighted by atomic mass is 16.5. The molecule has 0 spiro atoms. The Hall–Kier alpha value is -1.39. The molecule has 0 amide bonds. The third kappa shape index (κ3) is 3.78. The van der Waals surface area contributed by atoms with Crippen LogP contribution in [0.15, 0.2) is 24.3 Å². The first kappa shape index (κ1) is 14.0. The van der Waals surface area contributed by atoms with Crippen molar-refractivity contribution in [3.63, 3.8) is 0 Å². The molecule has 0 fully saturated rings. The van der Waals surface area contributed by atoms with Gasteiger partial charge < -0.3 is 15.4 Å². The van der Waals surface area contributed by atoms with Crippen molar-refractivity contribution in [2.24, 2.45) is 5.73 Å². The van der Waals surface area contributed by atoms with Crippen LogP contribution in [-0.4, -0.2) is 43.7 Å². The first-order chi connectivity index (χ1) is 9.20. The molecule has 2 rings (SSSR count). The highest BCUT2D eigenvalue weighted by Crippen LogP contribution is 2.15. The fourth-order valence-corrected chi connectivity index (χ4v) is 2.53. The Labute approximate surface area is 114 Å². The molecule has 1 aromatic rings. The lowest BCUT2D eigenvalue weighted by Gasteiger charge is -2.21. The van der Waals surface area contributed by atoms with E-state index in [0.29, 0.717) is 6.42 Å². The van der Waals surface area contributed by atoms with Gasteiger partial charge >= 0.3 is 5.97 Å². The van der Waals surface area contributed by atoms with Crippen LogP contribution in [0, 0.1) is 0 Å². The first-order valence-electron chi connectivity index (χ1n) is 6.83. The van der Waals surface area contributed by atoms with Gasteiger partial charge in [-0.1, -0.05) is 24.3 Å². The standard InChI is InChI=1S/C15H22N2O2/c1-19-15(18)14(16)8-11-17-9-6-12-4-2-3-5-13(12)7-10-17/h2-5,14H,6-11,16H2,1H3. The summed E-state index contributed by atoms with van der Waals surface area (Å²) in [7, 11) is 1.38. The van der Waals surface area contributed by atoms with Gasteiger partial charge in [-0.05, 0) is 30.4 Å². The molecular formula is C15H22N2O2. The highest BCUT2D eigenvalue weighted by molar-refractivity contribution is 5.75. The van der Waals surface area contributed by atoms with Gasteiger partial charge in [0.15, 0.2) is 0 Å². The van der Waals surface area contributed by atoms with Gasteiger partial charge in [0.05, 0.1) is 7.11 Å². The first-order valence-corrected chi connectivity index (χ1v) is 6.83. The molecule has 0 radical (unpaired) electrons. The summed E-state index contributed by atoms with van der Waals surface area (Å²) in [6.45, 7) is 2.92. The highest BCUT2D eigenvalue weighted by Gasteiger charge is 2.17. The molecule has 0 saturated heterocycles. The van der Waals surface area contributed by atoms with E-state index < -0.39 is 6.04 Å². The van der Waals surface area contributed by atoms with E-state index in [9.17, 15) is 4.79 Å². The van der Waals surface area contributed by atoms with Crippen LogP contribution in [0.3, 0.4) is 0 Å². The van der Waals surface area contributed by atoms with Crippen LogP contribution in [0.5, 0.6) is 0 Å². The Morgan fingerprint density at radius 3 is 2.42 bits per heavy atom. The molecule has 1 unspecified atom stereocenters. The summed E-state index contributed by atoms with van der Waals surface area (Å²) < 4.78 is 4.64. The fraction of sp³-hybridized carbons (Fsp3) is 0.533. The Morgan fingerprint density at radius 1 is 1.32 bits per heavy atom. The third-order valence-electron chi connectivity index (χ3n) is 3.77. The summed E-state index contributed by atoms with van der Waals surface area (Å²) >= 11 is 0. The summed E-state index contributed by atoms with van der Waals surface area (Å²) in [5.41, 5.74) is 8.66. The van der Waals surface area contributed by atoms with Crippen LogP contribution in [0.25, 0.3) is 0 Å². The molecule has 1 aromatic carbocycles. The molecule has 4 heteroatoms. The molecule has 0 aromatic heterocycles. The molecule has 0 bridgehead atoms. The monoisotopic (exact) mass is 262 g/mol. The molecule has 1 atom stereocenters. The number of benzene rings is 1. The van der Waals surface area contributed by atoms with E-state index in [1.54, 1.807) is 0 Å². The zero-order chi connectivity index (χ0) is 13.7. The van der Waals surface area contributed by atoms with Gasteiger partial charge in [0.25, 0.3) is 0 Å². The van der Waals surface area contributed by atoms with Crippen molar-refractivity contribution in [2.75, 3.05) is 26.7 Å². The lowest BCUT2D eigenvalue weighted by Crippen LogP contribution is -2.37. The van der Waals surface area contributed by atoms with Gasteiger partial charge in [-0.15, -0.1) is 0 Å². The number of fused-ring (bicyclic) bond motifs is 1.